The van der Waals surface area contributed by atoms with Crippen LogP contribution in [-0.4, -0.2) is 16.5 Å². The molecule has 0 fully saturated rings. The van der Waals surface area contributed by atoms with Crippen molar-refractivity contribution in [2.45, 2.75) is 23.1 Å². The van der Waals surface area contributed by atoms with E-state index in [0.29, 0.717) is 16.4 Å². The smallest absolute Gasteiger partial charge is 0.277 e. The Labute approximate surface area is 109 Å². The van der Waals surface area contributed by atoms with Gasteiger partial charge in [0, 0.05) is 5.25 Å². The van der Waals surface area contributed by atoms with E-state index in [-0.39, 0.29) is 0 Å². The average Bonchev–Trinajstić information content (AvgIpc) is 2.78. The average molecular weight is 266 g/mol. The van der Waals surface area contributed by atoms with Crippen LogP contribution in [0.25, 0.3) is 0 Å². The summed E-state index contributed by atoms with van der Waals surface area (Å²) in [6, 6.07) is 10.3. The summed E-state index contributed by atoms with van der Waals surface area (Å²) in [5.41, 5.74) is 1.27. The van der Waals surface area contributed by atoms with Crippen LogP contribution in [0.4, 0.5) is 0 Å². The van der Waals surface area contributed by atoms with Crippen molar-refractivity contribution in [1.82, 2.24) is 10.2 Å². The minimum atomic E-state index is 0.318. The quantitative estimate of drug-likeness (QED) is 0.770. The number of rotatable bonds is 5. The summed E-state index contributed by atoms with van der Waals surface area (Å²) in [5, 5.41) is 8.99. The van der Waals surface area contributed by atoms with Crippen LogP contribution in [0.2, 0.25) is 0 Å². The topological polar surface area (TPSA) is 38.9 Å². The highest BCUT2D eigenvalue weighted by molar-refractivity contribution is 7.99. The Bertz CT molecular complexity index is 459. The Hall–Kier alpha value is -0.940. The molecule has 5 heteroatoms. The van der Waals surface area contributed by atoms with Gasteiger partial charge in [0.25, 0.3) is 5.22 Å². The molecule has 17 heavy (non-hydrogen) atoms. The molecule has 0 aliphatic heterocycles. The van der Waals surface area contributed by atoms with Crippen molar-refractivity contribution in [3.05, 3.63) is 41.8 Å². The van der Waals surface area contributed by atoms with Crippen LogP contribution in [0.1, 0.15) is 23.6 Å². The minimum Gasteiger partial charge on any atom is -0.415 e. The molecule has 0 spiro atoms. The molecule has 2 rings (SSSR count). The molecular weight excluding hydrogens is 252 g/mol. The highest BCUT2D eigenvalue weighted by atomic mass is 32.2. The first kappa shape index (κ1) is 12.5. The number of aromatic nitrogens is 2. The third kappa shape index (κ3) is 3.51. The predicted octanol–water partition coefficient (Wildman–Crippen LogP) is 3.79. The molecule has 3 nitrogen and oxygen atoms in total. The maximum Gasteiger partial charge on any atom is 0.277 e. The molecule has 1 unspecified atom stereocenters. The molecule has 0 amide bonds. The van der Waals surface area contributed by atoms with Crippen molar-refractivity contribution >= 4 is 23.5 Å². The molecule has 0 aliphatic rings. The normalized spacial score (nSPS) is 12.6. The lowest BCUT2D eigenvalue weighted by Gasteiger charge is -2.07. The summed E-state index contributed by atoms with van der Waals surface area (Å²) in [7, 11) is 0. The van der Waals surface area contributed by atoms with Gasteiger partial charge >= 0.3 is 0 Å². The van der Waals surface area contributed by atoms with Gasteiger partial charge in [0.05, 0.1) is 5.75 Å². The Balaban J connectivity index is 2.00. The summed E-state index contributed by atoms with van der Waals surface area (Å²) in [6.45, 7) is 2.14. The molecule has 0 saturated carbocycles. The lowest BCUT2D eigenvalue weighted by Crippen LogP contribution is -1.87. The van der Waals surface area contributed by atoms with Crippen LogP contribution in [0.5, 0.6) is 0 Å². The number of hydrogen-bond donors (Lipinski definition) is 0. The molecule has 0 radical (unpaired) electrons. The van der Waals surface area contributed by atoms with Crippen LogP contribution in [0.15, 0.2) is 40.0 Å². The van der Waals surface area contributed by atoms with E-state index in [1.165, 1.54) is 5.56 Å². The van der Waals surface area contributed by atoms with Gasteiger partial charge in [0.1, 0.15) is 0 Å². The summed E-state index contributed by atoms with van der Waals surface area (Å²) in [5.74, 6) is 1.47. The first-order valence-electron chi connectivity index (χ1n) is 5.32. The molecule has 0 N–H and O–H groups in total. The van der Waals surface area contributed by atoms with Gasteiger partial charge in [0.15, 0.2) is 0 Å². The van der Waals surface area contributed by atoms with Crippen molar-refractivity contribution in [3.63, 3.8) is 0 Å². The summed E-state index contributed by atoms with van der Waals surface area (Å²) >= 11 is 3.27. The van der Waals surface area contributed by atoms with Gasteiger partial charge in [-0.05, 0) is 18.7 Å². The first-order chi connectivity index (χ1) is 8.29. The number of nitrogens with zero attached hydrogens (tertiary/aromatic N) is 2. The van der Waals surface area contributed by atoms with Crippen LogP contribution in [0, 0.1) is 0 Å². The van der Waals surface area contributed by atoms with Gasteiger partial charge in [-0.25, -0.2) is 0 Å². The molecule has 0 bridgehead atoms. The Kier molecular flexibility index (Phi) is 4.50. The summed E-state index contributed by atoms with van der Waals surface area (Å²) in [4.78, 5) is 0. The van der Waals surface area contributed by atoms with Gasteiger partial charge < -0.3 is 4.42 Å². The van der Waals surface area contributed by atoms with Gasteiger partial charge in [-0.1, -0.05) is 42.1 Å². The lowest BCUT2D eigenvalue weighted by atomic mass is 10.2. The Morgan fingerprint density at radius 2 is 2.00 bits per heavy atom. The van der Waals surface area contributed by atoms with E-state index in [4.69, 9.17) is 4.42 Å². The zero-order valence-electron chi connectivity index (χ0n) is 9.79. The van der Waals surface area contributed by atoms with Crippen molar-refractivity contribution in [2.24, 2.45) is 0 Å². The van der Waals surface area contributed by atoms with Crippen molar-refractivity contribution in [3.8, 4) is 0 Å². The molecule has 0 aliphatic carbocycles. The van der Waals surface area contributed by atoms with Gasteiger partial charge in [0.2, 0.25) is 5.89 Å². The second kappa shape index (κ2) is 6.12. The fraction of sp³-hybridized carbons (Fsp3) is 0.333. The molecule has 1 aromatic carbocycles. The predicted molar refractivity (Wildman–Crippen MR) is 72.2 cm³/mol. The lowest BCUT2D eigenvalue weighted by molar-refractivity contribution is 0.426. The maximum absolute atomic E-state index is 5.54. The Morgan fingerprint density at radius 3 is 2.71 bits per heavy atom. The third-order valence-electron chi connectivity index (χ3n) is 2.26. The van der Waals surface area contributed by atoms with Crippen molar-refractivity contribution in [1.29, 1.82) is 0 Å². The number of thioether (sulfide) groups is 2. The number of hydrogen-bond acceptors (Lipinski definition) is 5. The fourth-order valence-electron chi connectivity index (χ4n) is 1.41. The van der Waals surface area contributed by atoms with Crippen molar-refractivity contribution in [2.75, 3.05) is 6.26 Å². The zero-order chi connectivity index (χ0) is 12.1. The second-order valence-corrected chi connectivity index (χ2v) is 5.72. The maximum atomic E-state index is 5.54. The van der Waals surface area contributed by atoms with Crippen LogP contribution < -0.4 is 0 Å². The van der Waals surface area contributed by atoms with Crippen LogP contribution >= 0.6 is 23.5 Å². The van der Waals surface area contributed by atoms with Gasteiger partial charge in [-0.15, -0.1) is 10.2 Å². The van der Waals surface area contributed by atoms with E-state index in [2.05, 4.69) is 29.3 Å². The first-order valence-corrected chi connectivity index (χ1v) is 7.60. The van der Waals surface area contributed by atoms with E-state index < -0.39 is 0 Å². The zero-order valence-corrected chi connectivity index (χ0v) is 11.4. The SMILES string of the molecule is CSCc1nnc(SC(C)c2ccccc2)o1. The van der Waals surface area contributed by atoms with E-state index in [1.54, 1.807) is 23.5 Å². The highest BCUT2D eigenvalue weighted by Crippen LogP contribution is 2.33. The van der Waals surface area contributed by atoms with E-state index in [1.807, 2.05) is 24.5 Å². The monoisotopic (exact) mass is 266 g/mol. The molecule has 1 atom stereocenters. The second-order valence-electron chi connectivity index (χ2n) is 3.57. The fourth-order valence-corrected chi connectivity index (χ4v) is 2.60. The summed E-state index contributed by atoms with van der Waals surface area (Å²) < 4.78 is 5.54. The largest absolute Gasteiger partial charge is 0.415 e. The van der Waals surface area contributed by atoms with E-state index in [0.717, 1.165) is 5.75 Å². The molecule has 90 valence electrons. The molecule has 2 aromatic rings. The van der Waals surface area contributed by atoms with Crippen LogP contribution in [0.3, 0.4) is 0 Å². The van der Waals surface area contributed by atoms with Crippen molar-refractivity contribution < 1.29 is 4.42 Å². The van der Waals surface area contributed by atoms with Crippen LogP contribution in [-0.2, 0) is 5.75 Å². The minimum absolute atomic E-state index is 0.318. The molecule has 1 heterocycles. The molecular formula is C12H14N2OS2. The number of benzene rings is 1. The summed E-state index contributed by atoms with van der Waals surface area (Å²) in [6.07, 6.45) is 2.02. The van der Waals surface area contributed by atoms with Gasteiger partial charge in [-0.3, -0.25) is 0 Å². The third-order valence-corrected chi connectivity index (χ3v) is 3.79. The standard InChI is InChI=1S/C12H14N2OS2/c1-9(10-6-4-3-5-7-10)17-12-14-13-11(15-12)8-16-2/h3-7,9H,8H2,1-2H3. The molecule has 1 aromatic heterocycles. The Morgan fingerprint density at radius 1 is 1.24 bits per heavy atom. The van der Waals surface area contributed by atoms with E-state index in [9.17, 15) is 0 Å². The van der Waals surface area contributed by atoms with E-state index >= 15 is 0 Å². The molecule has 0 saturated heterocycles. The van der Waals surface area contributed by atoms with Gasteiger partial charge in [-0.2, -0.15) is 11.8 Å². The highest BCUT2D eigenvalue weighted by Gasteiger charge is 2.12.